The molecule has 0 saturated carbocycles. The number of β-amino-alcohol motifs (C(OH)–C–C–N with tert-alkyl or cyclic N) is 1. The Morgan fingerprint density at radius 2 is 1.33 bits per heavy atom. The van der Waals surface area contributed by atoms with Gasteiger partial charge in [0.15, 0.2) is 0 Å². The Balaban J connectivity index is 1.46. The Hall–Kier alpha value is -5.53. The fourth-order valence-corrected chi connectivity index (χ4v) is 6.62. The van der Waals surface area contributed by atoms with Gasteiger partial charge in [-0.25, -0.2) is 9.67 Å². The Labute approximate surface area is 261 Å². The van der Waals surface area contributed by atoms with Crippen LogP contribution in [-0.4, -0.2) is 48.8 Å². The van der Waals surface area contributed by atoms with Crippen LogP contribution in [0.15, 0.2) is 140 Å². The second-order valence-electron chi connectivity index (χ2n) is 11.7. The molecule has 0 unspecified atom stereocenters. The van der Waals surface area contributed by atoms with Crippen LogP contribution in [0.25, 0.3) is 33.3 Å². The first-order chi connectivity index (χ1) is 22.1. The van der Waals surface area contributed by atoms with Crippen LogP contribution in [0.5, 0.6) is 0 Å². The number of benzene rings is 4. The minimum Gasteiger partial charge on any atom is -0.389 e. The molecule has 0 aliphatic carbocycles. The smallest absolute Gasteiger partial charge is 0.138 e. The summed E-state index contributed by atoms with van der Waals surface area (Å²) in [6.45, 7) is 1.16. The second kappa shape index (κ2) is 10.9. The van der Waals surface area contributed by atoms with E-state index in [9.17, 15) is 5.11 Å². The molecule has 1 N–H and O–H groups in total. The molecule has 7 heteroatoms. The average molecular weight is 589 g/mol. The van der Waals surface area contributed by atoms with Crippen molar-refractivity contribution in [3.8, 4) is 22.4 Å². The first kappa shape index (κ1) is 27.0. The molecule has 7 aromatic rings. The predicted molar refractivity (Wildman–Crippen MR) is 178 cm³/mol. The van der Waals surface area contributed by atoms with Crippen molar-refractivity contribution in [2.75, 3.05) is 18.0 Å². The molecular weight excluding hydrogens is 556 g/mol. The lowest BCUT2D eigenvalue weighted by molar-refractivity contribution is 0.141. The minimum absolute atomic E-state index is 0.319. The van der Waals surface area contributed by atoms with Gasteiger partial charge in [0.05, 0.1) is 17.8 Å². The van der Waals surface area contributed by atoms with Crippen LogP contribution in [0.2, 0.25) is 0 Å². The minimum atomic E-state index is -0.770. The quantitative estimate of drug-likeness (QED) is 0.215. The molecule has 1 saturated heterocycles. The molecule has 1 aliphatic heterocycles. The summed E-state index contributed by atoms with van der Waals surface area (Å²) in [5.41, 5.74) is 7.52. The number of aromatic nitrogens is 5. The molecule has 1 fully saturated rings. The maximum absolute atomic E-state index is 9.97. The number of fused-ring (bicyclic) bond motifs is 1. The van der Waals surface area contributed by atoms with E-state index in [1.54, 1.807) is 0 Å². The number of nitrogens with zero attached hydrogens (tertiary/aromatic N) is 6. The number of rotatable bonds is 7. The molecule has 0 atom stereocenters. The standard InChI is InChI=1S/C38H32N6O/c1-42-24-29(23-40-42)27-17-18-35-34(21-27)37(28-19-20-39-36(22-28)43-25-33(45)26-43)41-44(35)38(30-11-5-2-6-12-30,31-13-7-3-8-14-31)32-15-9-4-10-16-32/h2-24,33,45H,25-26H2,1H3. The maximum atomic E-state index is 9.97. The van der Waals surface area contributed by atoms with Crippen LogP contribution in [0.1, 0.15) is 16.7 Å². The molecular formula is C38H32N6O. The Bertz CT molecular complexity index is 2000. The van der Waals surface area contributed by atoms with E-state index in [1.165, 1.54) is 0 Å². The van der Waals surface area contributed by atoms with Gasteiger partial charge in [-0.3, -0.25) is 4.68 Å². The van der Waals surface area contributed by atoms with Crippen molar-refractivity contribution in [1.82, 2.24) is 24.5 Å². The van der Waals surface area contributed by atoms with Gasteiger partial charge in [0, 0.05) is 49.0 Å². The van der Waals surface area contributed by atoms with Gasteiger partial charge in [-0.05, 0) is 46.5 Å². The van der Waals surface area contributed by atoms with Crippen LogP contribution in [-0.2, 0) is 12.6 Å². The van der Waals surface area contributed by atoms with E-state index in [0.717, 1.165) is 55.8 Å². The molecule has 220 valence electrons. The van der Waals surface area contributed by atoms with Gasteiger partial charge < -0.3 is 10.0 Å². The fourth-order valence-electron chi connectivity index (χ4n) is 6.62. The van der Waals surface area contributed by atoms with Crippen LogP contribution in [0, 0.1) is 0 Å². The van der Waals surface area contributed by atoms with E-state index >= 15 is 0 Å². The molecule has 0 radical (unpaired) electrons. The maximum Gasteiger partial charge on any atom is 0.138 e. The van der Waals surface area contributed by atoms with Crippen molar-refractivity contribution >= 4 is 16.7 Å². The fraction of sp³-hybridized carbons (Fsp3) is 0.132. The van der Waals surface area contributed by atoms with Gasteiger partial charge in [0.1, 0.15) is 17.1 Å². The van der Waals surface area contributed by atoms with Crippen LogP contribution < -0.4 is 4.90 Å². The van der Waals surface area contributed by atoms with E-state index < -0.39 is 5.54 Å². The lowest BCUT2D eigenvalue weighted by Gasteiger charge is -2.37. The SMILES string of the molecule is Cn1cc(-c2ccc3c(c2)c(-c2ccnc(N4CC(O)C4)c2)nn3C(c2ccccc2)(c2ccccc2)c2ccccc2)cn1. The molecule has 7 nitrogen and oxygen atoms in total. The average Bonchev–Trinajstić information content (AvgIpc) is 3.69. The molecule has 1 aliphatic rings. The number of pyridine rings is 1. The largest absolute Gasteiger partial charge is 0.389 e. The highest BCUT2D eigenvalue weighted by atomic mass is 16.3. The summed E-state index contributed by atoms with van der Waals surface area (Å²) in [7, 11) is 1.94. The molecule has 0 amide bonds. The van der Waals surface area contributed by atoms with Gasteiger partial charge >= 0.3 is 0 Å². The van der Waals surface area contributed by atoms with Gasteiger partial charge in [0.25, 0.3) is 0 Å². The van der Waals surface area contributed by atoms with Gasteiger partial charge in [-0.1, -0.05) is 97.1 Å². The zero-order valence-corrected chi connectivity index (χ0v) is 24.9. The number of aliphatic hydroxyl groups is 1. The highest BCUT2D eigenvalue weighted by molar-refractivity contribution is 5.97. The Morgan fingerprint density at radius 3 is 1.89 bits per heavy atom. The summed E-state index contributed by atoms with van der Waals surface area (Å²) in [6.07, 6.45) is 5.45. The lowest BCUT2D eigenvalue weighted by atomic mass is 9.77. The van der Waals surface area contributed by atoms with E-state index in [-0.39, 0.29) is 6.10 Å². The summed E-state index contributed by atoms with van der Waals surface area (Å²) in [6, 6.07) is 42.6. The number of anilines is 1. The third-order valence-corrected chi connectivity index (χ3v) is 8.82. The van der Waals surface area contributed by atoms with Crippen molar-refractivity contribution in [2.45, 2.75) is 11.6 Å². The number of aliphatic hydroxyl groups excluding tert-OH is 1. The Morgan fingerprint density at radius 1 is 0.711 bits per heavy atom. The monoisotopic (exact) mass is 588 g/mol. The summed E-state index contributed by atoms with van der Waals surface area (Å²) in [5, 5.41) is 21.0. The van der Waals surface area contributed by atoms with Crippen molar-refractivity contribution in [1.29, 1.82) is 0 Å². The molecule has 0 spiro atoms. The van der Waals surface area contributed by atoms with Crippen LogP contribution >= 0.6 is 0 Å². The van der Waals surface area contributed by atoms with Crippen LogP contribution in [0.4, 0.5) is 5.82 Å². The predicted octanol–water partition coefficient (Wildman–Crippen LogP) is 6.52. The summed E-state index contributed by atoms with van der Waals surface area (Å²) >= 11 is 0. The lowest BCUT2D eigenvalue weighted by Crippen LogP contribution is -2.51. The van der Waals surface area contributed by atoms with E-state index in [0.29, 0.717) is 13.1 Å². The normalized spacial score (nSPS) is 13.7. The summed E-state index contributed by atoms with van der Waals surface area (Å²) in [5.74, 6) is 0.837. The van der Waals surface area contributed by atoms with Crippen molar-refractivity contribution in [2.24, 2.45) is 7.05 Å². The third-order valence-electron chi connectivity index (χ3n) is 8.82. The van der Waals surface area contributed by atoms with E-state index in [4.69, 9.17) is 5.10 Å². The number of aryl methyl sites for hydroxylation is 1. The molecule has 3 aromatic heterocycles. The topological polar surface area (TPSA) is 72.0 Å². The second-order valence-corrected chi connectivity index (χ2v) is 11.7. The molecule has 0 bridgehead atoms. The first-order valence-electron chi connectivity index (χ1n) is 15.2. The zero-order valence-electron chi connectivity index (χ0n) is 24.9. The molecule has 45 heavy (non-hydrogen) atoms. The molecule has 4 heterocycles. The zero-order chi connectivity index (χ0) is 30.4. The summed E-state index contributed by atoms with van der Waals surface area (Å²) < 4.78 is 4.03. The highest BCUT2D eigenvalue weighted by Crippen LogP contribution is 2.44. The first-order valence-corrected chi connectivity index (χ1v) is 15.2. The van der Waals surface area contributed by atoms with E-state index in [1.807, 2.05) is 36.4 Å². The van der Waals surface area contributed by atoms with Gasteiger partial charge in [0.2, 0.25) is 0 Å². The van der Waals surface area contributed by atoms with Crippen molar-refractivity contribution in [3.63, 3.8) is 0 Å². The highest BCUT2D eigenvalue weighted by Gasteiger charge is 2.41. The van der Waals surface area contributed by atoms with Crippen LogP contribution in [0.3, 0.4) is 0 Å². The molecule has 4 aromatic carbocycles. The Kier molecular flexibility index (Phi) is 6.54. The van der Waals surface area contributed by atoms with Gasteiger partial charge in [-0.15, -0.1) is 0 Å². The van der Waals surface area contributed by atoms with E-state index in [2.05, 4.69) is 135 Å². The van der Waals surface area contributed by atoms with Gasteiger partial charge in [-0.2, -0.15) is 10.2 Å². The van der Waals surface area contributed by atoms with Crippen molar-refractivity contribution in [3.05, 3.63) is 157 Å². The third kappa shape index (κ3) is 4.51. The van der Waals surface area contributed by atoms with Crippen molar-refractivity contribution < 1.29 is 5.11 Å². The molecule has 8 rings (SSSR count). The number of hydrogen-bond donors (Lipinski definition) is 1. The summed E-state index contributed by atoms with van der Waals surface area (Å²) in [4.78, 5) is 6.73. The number of hydrogen-bond acceptors (Lipinski definition) is 5.